The highest BCUT2D eigenvalue weighted by Gasteiger charge is 2.14. The van der Waals surface area contributed by atoms with E-state index in [-0.39, 0.29) is 22.8 Å². The number of thioether (sulfide) groups is 1. The van der Waals surface area contributed by atoms with E-state index in [1.165, 1.54) is 23.9 Å². The zero-order chi connectivity index (χ0) is 18.7. The van der Waals surface area contributed by atoms with Gasteiger partial charge in [0.1, 0.15) is 5.75 Å². The fraction of sp³-hybridized carbons (Fsp3) is 0.211. The van der Waals surface area contributed by atoms with Gasteiger partial charge in [0.25, 0.3) is 5.56 Å². The molecule has 26 heavy (non-hydrogen) atoms. The lowest BCUT2D eigenvalue weighted by Gasteiger charge is -2.12. The van der Waals surface area contributed by atoms with E-state index in [4.69, 9.17) is 11.6 Å². The van der Waals surface area contributed by atoms with Crippen LogP contribution in [-0.4, -0.2) is 26.2 Å². The van der Waals surface area contributed by atoms with Gasteiger partial charge in [-0.1, -0.05) is 30.3 Å². The summed E-state index contributed by atoms with van der Waals surface area (Å²) >= 11 is 7.24. The number of halogens is 1. The Morgan fingerprint density at radius 2 is 1.96 bits per heavy atom. The normalized spacial score (nSPS) is 11.0. The van der Waals surface area contributed by atoms with Crippen LogP contribution >= 0.6 is 23.4 Å². The SMILES string of the molecule is CCCn1c(SCC(=O)c2ccc(O)cc2)nc2cc(Cl)ccc2c1=O. The van der Waals surface area contributed by atoms with Crippen molar-refractivity contribution >= 4 is 40.0 Å². The van der Waals surface area contributed by atoms with Crippen molar-refractivity contribution in [2.24, 2.45) is 0 Å². The molecule has 0 amide bonds. The number of hydrogen-bond acceptors (Lipinski definition) is 5. The van der Waals surface area contributed by atoms with Gasteiger partial charge in [-0.25, -0.2) is 4.98 Å². The van der Waals surface area contributed by atoms with Gasteiger partial charge in [-0.2, -0.15) is 0 Å². The van der Waals surface area contributed by atoms with Crippen LogP contribution in [0.25, 0.3) is 10.9 Å². The van der Waals surface area contributed by atoms with Crippen molar-refractivity contribution in [1.29, 1.82) is 0 Å². The molecule has 3 rings (SSSR count). The molecule has 0 radical (unpaired) electrons. The predicted molar refractivity (Wildman–Crippen MR) is 104 cm³/mol. The number of rotatable bonds is 6. The average molecular weight is 389 g/mol. The maximum atomic E-state index is 12.8. The molecule has 0 aliphatic heterocycles. The molecule has 0 saturated carbocycles. The third-order valence-corrected chi connectivity index (χ3v) is 5.06. The molecule has 0 aliphatic rings. The van der Waals surface area contributed by atoms with Crippen molar-refractivity contribution < 1.29 is 9.90 Å². The molecule has 0 fully saturated rings. The van der Waals surface area contributed by atoms with Crippen molar-refractivity contribution in [3.8, 4) is 5.75 Å². The van der Waals surface area contributed by atoms with Crippen LogP contribution in [0.3, 0.4) is 0 Å². The lowest BCUT2D eigenvalue weighted by atomic mass is 10.1. The Morgan fingerprint density at radius 1 is 1.23 bits per heavy atom. The lowest BCUT2D eigenvalue weighted by Crippen LogP contribution is -2.23. The van der Waals surface area contributed by atoms with Crippen LogP contribution in [0, 0.1) is 0 Å². The van der Waals surface area contributed by atoms with E-state index in [1.54, 1.807) is 34.9 Å². The summed E-state index contributed by atoms with van der Waals surface area (Å²) in [5.41, 5.74) is 0.894. The zero-order valence-electron chi connectivity index (χ0n) is 14.1. The second kappa shape index (κ2) is 7.93. The predicted octanol–water partition coefficient (Wildman–Crippen LogP) is 4.14. The van der Waals surface area contributed by atoms with Crippen molar-refractivity contribution in [2.45, 2.75) is 25.0 Å². The van der Waals surface area contributed by atoms with Crippen LogP contribution in [-0.2, 0) is 6.54 Å². The van der Waals surface area contributed by atoms with Gasteiger partial charge in [0.15, 0.2) is 10.9 Å². The quantitative estimate of drug-likeness (QED) is 0.390. The minimum absolute atomic E-state index is 0.0986. The van der Waals surface area contributed by atoms with Crippen LogP contribution < -0.4 is 5.56 Å². The van der Waals surface area contributed by atoms with E-state index >= 15 is 0 Å². The number of nitrogens with zero attached hydrogens (tertiary/aromatic N) is 2. The lowest BCUT2D eigenvalue weighted by molar-refractivity contribution is 0.102. The Kier molecular flexibility index (Phi) is 5.64. The van der Waals surface area contributed by atoms with E-state index in [0.717, 1.165) is 6.42 Å². The Morgan fingerprint density at radius 3 is 2.65 bits per heavy atom. The van der Waals surface area contributed by atoms with Gasteiger partial charge in [0, 0.05) is 17.1 Å². The summed E-state index contributed by atoms with van der Waals surface area (Å²) in [6.45, 7) is 2.51. The number of aromatic hydroxyl groups is 1. The molecule has 7 heteroatoms. The molecule has 134 valence electrons. The van der Waals surface area contributed by atoms with Crippen molar-refractivity contribution in [3.63, 3.8) is 0 Å². The van der Waals surface area contributed by atoms with E-state index in [1.807, 2.05) is 6.92 Å². The van der Waals surface area contributed by atoms with Crippen molar-refractivity contribution in [2.75, 3.05) is 5.75 Å². The molecular formula is C19H17ClN2O3S. The molecule has 0 unspecified atom stereocenters. The number of hydrogen-bond donors (Lipinski definition) is 1. The van der Waals surface area contributed by atoms with E-state index in [2.05, 4.69) is 4.98 Å². The van der Waals surface area contributed by atoms with Gasteiger partial charge in [0.05, 0.1) is 16.7 Å². The second-order valence-corrected chi connectivity index (χ2v) is 7.15. The minimum atomic E-state index is -0.131. The fourth-order valence-corrected chi connectivity index (χ4v) is 3.65. The molecule has 1 N–H and O–H groups in total. The zero-order valence-corrected chi connectivity index (χ0v) is 15.7. The summed E-state index contributed by atoms with van der Waals surface area (Å²) in [5.74, 6) is 0.157. The molecule has 0 spiro atoms. The summed E-state index contributed by atoms with van der Waals surface area (Å²) < 4.78 is 1.60. The van der Waals surface area contributed by atoms with Crippen molar-refractivity contribution in [1.82, 2.24) is 9.55 Å². The Balaban J connectivity index is 1.92. The Bertz CT molecular complexity index is 1020. The smallest absolute Gasteiger partial charge is 0.262 e. The summed E-state index contributed by atoms with van der Waals surface area (Å²) in [6.07, 6.45) is 0.778. The van der Waals surface area contributed by atoms with Crippen LogP contribution in [0.2, 0.25) is 5.02 Å². The molecule has 1 heterocycles. The molecule has 0 saturated heterocycles. The number of phenolic OH excluding ortho intramolecular Hbond substituents is 1. The number of fused-ring (bicyclic) bond motifs is 1. The third kappa shape index (κ3) is 3.92. The van der Waals surface area contributed by atoms with E-state index < -0.39 is 0 Å². The standard InChI is InChI=1S/C19H17ClN2O3S/c1-2-9-22-18(25)15-8-5-13(20)10-16(15)21-19(22)26-11-17(24)12-3-6-14(23)7-4-12/h3-8,10,23H,2,9,11H2,1H3. The number of ketones is 1. The largest absolute Gasteiger partial charge is 0.508 e. The van der Waals surface area contributed by atoms with Crippen LogP contribution in [0.1, 0.15) is 23.7 Å². The minimum Gasteiger partial charge on any atom is -0.508 e. The summed E-state index contributed by atoms with van der Waals surface area (Å²) in [7, 11) is 0. The molecule has 1 aromatic heterocycles. The molecule has 0 bridgehead atoms. The van der Waals surface area contributed by atoms with Crippen LogP contribution in [0.5, 0.6) is 5.75 Å². The average Bonchev–Trinajstić information content (AvgIpc) is 2.62. The first kappa shape index (κ1) is 18.5. The van der Waals surface area contributed by atoms with E-state index in [0.29, 0.717) is 33.2 Å². The number of phenols is 1. The summed E-state index contributed by atoms with van der Waals surface area (Å²) in [5, 5.41) is 10.8. The molecule has 0 aliphatic carbocycles. The number of carbonyl (C=O) groups is 1. The third-order valence-electron chi connectivity index (χ3n) is 3.85. The highest BCUT2D eigenvalue weighted by Crippen LogP contribution is 2.22. The maximum absolute atomic E-state index is 12.8. The number of Topliss-reactive ketones (excluding diaryl/α,β-unsaturated/α-hetero) is 1. The number of carbonyl (C=O) groups excluding carboxylic acids is 1. The van der Waals surface area contributed by atoms with Gasteiger partial charge in [-0.15, -0.1) is 0 Å². The Labute approximate surface area is 159 Å². The number of aromatic nitrogens is 2. The molecule has 0 atom stereocenters. The van der Waals surface area contributed by atoms with Gasteiger partial charge >= 0.3 is 0 Å². The van der Waals surface area contributed by atoms with Crippen LogP contribution in [0.15, 0.2) is 52.4 Å². The van der Waals surface area contributed by atoms with Gasteiger partial charge in [-0.05, 0) is 48.9 Å². The highest BCUT2D eigenvalue weighted by atomic mass is 35.5. The van der Waals surface area contributed by atoms with Gasteiger partial charge in [0.2, 0.25) is 0 Å². The topological polar surface area (TPSA) is 72.2 Å². The monoisotopic (exact) mass is 388 g/mol. The first-order valence-corrected chi connectivity index (χ1v) is 9.51. The van der Waals surface area contributed by atoms with E-state index in [9.17, 15) is 14.7 Å². The van der Waals surface area contributed by atoms with Crippen molar-refractivity contribution in [3.05, 3.63) is 63.4 Å². The summed E-state index contributed by atoms with van der Waals surface area (Å²) in [4.78, 5) is 29.7. The summed E-state index contributed by atoms with van der Waals surface area (Å²) in [6, 6.07) is 11.1. The second-order valence-electron chi connectivity index (χ2n) is 5.77. The highest BCUT2D eigenvalue weighted by molar-refractivity contribution is 7.99. The molecule has 5 nitrogen and oxygen atoms in total. The molecule has 2 aromatic carbocycles. The molecular weight excluding hydrogens is 372 g/mol. The number of benzene rings is 2. The van der Waals surface area contributed by atoms with Crippen LogP contribution in [0.4, 0.5) is 0 Å². The first-order chi connectivity index (χ1) is 12.5. The fourth-order valence-electron chi connectivity index (χ4n) is 2.57. The van der Waals surface area contributed by atoms with Gasteiger partial charge in [-0.3, -0.25) is 14.2 Å². The maximum Gasteiger partial charge on any atom is 0.262 e. The van der Waals surface area contributed by atoms with Gasteiger partial charge < -0.3 is 5.11 Å². The Hall–Kier alpha value is -2.31. The first-order valence-electron chi connectivity index (χ1n) is 8.14. The molecule has 3 aromatic rings.